The van der Waals surface area contributed by atoms with Crippen LogP contribution in [0.2, 0.25) is 0 Å². The molecule has 0 spiro atoms. The number of hydrogen-bond donors (Lipinski definition) is 1. The first-order valence-corrected chi connectivity index (χ1v) is 8.55. The highest BCUT2D eigenvalue weighted by atomic mass is 19.1. The maximum Gasteiger partial charge on any atom is 0.272 e. The topological polar surface area (TPSA) is 101 Å². The molecule has 1 amide bonds. The number of ether oxygens (including phenoxy) is 1. The number of carbonyl (C=O) groups is 3. The van der Waals surface area contributed by atoms with Crippen molar-refractivity contribution in [3.63, 3.8) is 0 Å². The van der Waals surface area contributed by atoms with Crippen LogP contribution in [0, 0.1) is 22.6 Å². The summed E-state index contributed by atoms with van der Waals surface area (Å²) in [5.74, 6) is -2.42. The molecule has 0 saturated carbocycles. The highest BCUT2D eigenvalue weighted by molar-refractivity contribution is 6.44. The number of aryl methyl sites for hydroxylation is 1. The van der Waals surface area contributed by atoms with E-state index in [0.29, 0.717) is 13.2 Å². The molecule has 1 saturated heterocycles. The number of amides is 1. The van der Waals surface area contributed by atoms with Crippen LogP contribution in [0.3, 0.4) is 0 Å². The van der Waals surface area contributed by atoms with Crippen LogP contribution in [0.4, 0.5) is 10.1 Å². The normalized spacial score (nSPS) is 14.6. The number of carbonyl (C=O) groups excluding carboxylic acids is 3. The number of rotatable bonds is 6. The van der Waals surface area contributed by atoms with Crippen LogP contribution in [0.25, 0.3) is 0 Å². The zero-order chi connectivity index (χ0) is 20.5. The molecule has 0 radical (unpaired) electrons. The average molecular weight is 383 g/mol. The largest absolute Gasteiger partial charge is 0.380 e. The first-order valence-electron chi connectivity index (χ1n) is 8.55. The summed E-state index contributed by atoms with van der Waals surface area (Å²) in [4.78, 5) is 37.2. The van der Waals surface area contributed by atoms with Crippen molar-refractivity contribution in [1.82, 2.24) is 4.57 Å². The minimum atomic E-state index is -0.684. The lowest BCUT2D eigenvalue weighted by molar-refractivity contribution is -0.133. The smallest absolute Gasteiger partial charge is 0.272 e. The second-order valence-corrected chi connectivity index (χ2v) is 7.22. The lowest BCUT2D eigenvalue weighted by atomic mass is 9.82. The maximum absolute atomic E-state index is 13.4. The third-order valence-corrected chi connectivity index (χ3v) is 4.59. The van der Waals surface area contributed by atoms with E-state index in [4.69, 9.17) is 10.00 Å². The van der Waals surface area contributed by atoms with Gasteiger partial charge in [0.1, 0.15) is 17.6 Å². The molecule has 0 atom stereocenters. The molecule has 1 N–H and O–H groups in total. The van der Waals surface area contributed by atoms with Crippen molar-refractivity contribution in [2.24, 2.45) is 12.5 Å². The van der Waals surface area contributed by atoms with E-state index < -0.39 is 23.3 Å². The molecule has 1 aromatic heterocycles. The SMILES string of the molecule is Cn1cc(C(=O)C(=O)CC2(C)COC2)cc1C(=O)Nc1ccc(F)c(C#N)c1. The highest BCUT2D eigenvalue weighted by Gasteiger charge is 2.37. The summed E-state index contributed by atoms with van der Waals surface area (Å²) in [6.45, 7) is 2.76. The zero-order valence-electron chi connectivity index (χ0n) is 15.4. The van der Waals surface area contributed by atoms with Crippen LogP contribution >= 0.6 is 0 Å². The van der Waals surface area contributed by atoms with Crippen LogP contribution in [-0.2, 0) is 16.6 Å². The van der Waals surface area contributed by atoms with E-state index in [1.54, 1.807) is 13.1 Å². The lowest BCUT2D eigenvalue weighted by Gasteiger charge is -2.37. The average Bonchev–Trinajstić information content (AvgIpc) is 3.03. The fourth-order valence-corrected chi connectivity index (χ4v) is 2.98. The van der Waals surface area contributed by atoms with E-state index in [0.717, 1.165) is 6.07 Å². The molecule has 1 fully saturated rings. The summed E-state index contributed by atoms with van der Waals surface area (Å²) in [6, 6.07) is 6.66. The van der Waals surface area contributed by atoms with Gasteiger partial charge in [-0.2, -0.15) is 5.26 Å². The Hall–Kier alpha value is -3.31. The standard InChI is InChI=1S/C20H18FN3O4/c1-20(10-28-11-20)7-17(25)18(26)13-6-16(24(2)9-13)19(27)23-14-3-4-15(21)12(5-14)8-22/h3-6,9H,7,10-11H2,1-2H3,(H,23,27). The Labute approximate surface area is 160 Å². The second-order valence-electron chi connectivity index (χ2n) is 7.22. The molecule has 144 valence electrons. The van der Waals surface area contributed by atoms with Crippen molar-refractivity contribution in [2.45, 2.75) is 13.3 Å². The van der Waals surface area contributed by atoms with E-state index in [1.807, 2.05) is 6.92 Å². The minimum absolute atomic E-state index is 0.0920. The molecule has 1 aliphatic heterocycles. The van der Waals surface area contributed by atoms with Gasteiger partial charge in [0.15, 0.2) is 0 Å². The van der Waals surface area contributed by atoms with Crippen molar-refractivity contribution in [3.8, 4) is 6.07 Å². The van der Waals surface area contributed by atoms with E-state index in [2.05, 4.69) is 5.32 Å². The van der Waals surface area contributed by atoms with Crippen molar-refractivity contribution in [3.05, 3.63) is 53.1 Å². The fourth-order valence-electron chi connectivity index (χ4n) is 2.98. The number of nitrogens with zero attached hydrogens (tertiary/aromatic N) is 2. The van der Waals surface area contributed by atoms with Crippen LogP contribution in [-0.4, -0.2) is 35.3 Å². The zero-order valence-corrected chi connectivity index (χ0v) is 15.4. The van der Waals surface area contributed by atoms with Gasteiger partial charge in [0.25, 0.3) is 5.91 Å². The third kappa shape index (κ3) is 3.85. The summed E-state index contributed by atoms with van der Waals surface area (Å²) in [5.41, 5.74) is 0.00377. The third-order valence-electron chi connectivity index (χ3n) is 4.59. The molecule has 7 nitrogen and oxygen atoms in total. The van der Waals surface area contributed by atoms with E-state index >= 15 is 0 Å². The van der Waals surface area contributed by atoms with Gasteiger partial charge in [-0.1, -0.05) is 6.92 Å². The van der Waals surface area contributed by atoms with Crippen molar-refractivity contribution in [2.75, 3.05) is 18.5 Å². The number of ketones is 2. The summed E-state index contributed by atoms with van der Waals surface area (Å²) in [5, 5.41) is 11.4. The number of aromatic nitrogens is 1. The molecular weight excluding hydrogens is 365 g/mol. The Bertz CT molecular complexity index is 1010. The Morgan fingerprint density at radius 2 is 2.04 bits per heavy atom. The van der Waals surface area contributed by atoms with Gasteiger partial charge in [0.2, 0.25) is 11.6 Å². The van der Waals surface area contributed by atoms with E-state index in [9.17, 15) is 18.8 Å². The van der Waals surface area contributed by atoms with Crippen LogP contribution < -0.4 is 5.32 Å². The Balaban J connectivity index is 1.74. The predicted octanol–water partition coefficient (Wildman–Crippen LogP) is 2.47. The van der Waals surface area contributed by atoms with Crippen molar-refractivity contribution in [1.29, 1.82) is 5.26 Å². The lowest BCUT2D eigenvalue weighted by Crippen LogP contribution is -2.42. The second kappa shape index (κ2) is 7.37. The van der Waals surface area contributed by atoms with Gasteiger partial charge in [-0.05, 0) is 24.3 Å². The molecule has 1 aromatic carbocycles. The number of hydrogen-bond acceptors (Lipinski definition) is 5. The minimum Gasteiger partial charge on any atom is -0.380 e. The summed E-state index contributed by atoms with van der Waals surface area (Å²) >= 11 is 0. The van der Waals surface area contributed by atoms with Crippen LogP contribution in [0.1, 0.15) is 39.8 Å². The number of benzene rings is 1. The Morgan fingerprint density at radius 1 is 1.32 bits per heavy atom. The van der Waals surface area contributed by atoms with Crippen LogP contribution in [0.15, 0.2) is 30.5 Å². The van der Waals surface area contributed by atoms with Gasteiger partial charge < -0.3 is 14.6 Å². The molecule has 2 aromatic rings. The quantitative estimate of drug-likeness (QED) is 0.610. The molecule has 8 heteroatoms. The van der Waals surface area contributed by atoms with Gasteiger partial charge in [-0.25, -0.2) is 4.39 Å². The summed E-state index contributed by atoms with van der Waals surface area (Å²) in [6.07, 6.45) is 1.51. The van der Waals surface area contributed by atoms with Crippen LogP contribution in [0.5, 0.6) is 0 Å². The van der Waals surface area contributed by atoms with Gasteiger partial charge in [-0.3, -0.25) is 14.4 Å². The fraction of sp³-hybridized carbons (Fsp3) is 0.300. The van der Waals surface area contributed by atoms with Crippen molar-refractivity contribution >= 4 is 23.2 Å². The number of nitrogens with one attached hydrogen (secondary N) is 1. The first kappa shape index (κ1) is 19.5. The summed E-state index contributed by atoms with van der Waals surface area (Å²) in [7, 11) is 1.57. The highest BCUT2D eigenvalue weighted by Crippen LogP contribution is 2.31. The summed E-state index contributed by atoms with van der Waals surface area (Å²) < 4.78 is 19.9. The molecule has 0 unspecified atom stereocenters. The maximum atomic E-state index is 13.4. The predicted molar refractivity (Wildman–Crippen MR) is 97.4 cm³/mol. The van der Waals surface area contributed by atoms with Crippen molar-refractivity contribution < 1.29 is 23.5 Å². The molecular formula is C20H18FN3O4. The monoisotopic (exact) mass is 383 g/mol. The molecule has 1 aliphatic rings. The van der Waals surface area contributed by atoms with Gasteiger partial charge in [0, 0.05) is 36.3 Å². The van der Waals surface area contributed by atoms with E-state index in [1.165, 1.54) is 29.0 Å². The van der Waals surface area contributed by atoms with E-state index in [-0.39, 0.29) is 34.3 Å². The number of anilines is 1. The Kier molecular flexibility index (Phi) is 5.12. The molecule has 3 rings (SSSR count). The van der Waals surface area contributed by atoms with Gasteiger partial charge >= 0.3 is 0 Å². The number of halogens is 1. The molecule has 2 heterocycles. The Morgan fingerprint density at radius 3 is 2.64 bits per heavy atom. The number of nitriles is 1. The number of Topliss-reactive ketones (excluding diaryl/α,β-unsaturated/α-hetero) is 2. The first-order chi connectivity index (χ1) is 13.2. The molecule has 0 bridgehead atoms. The molecule has 28 heavy (non-hydrogen) atoms. The molecule has 0 aliphatic carbocycles. The van der Waals surface area contributed by atoms with Gasteiger partial charge in [0.05, 0.1) is 18.8 Å². The van der Waals surface area contributed by atoms with Gasteiger partial charge in [-0.15, -0.1) is 0 Å².